The average Bonchev–Trinajstić information content (AvgIpc) is 2.55. The second kappa shape index (κ2) is 5.92. The van der Waals surface area contributed by atoms with E-state index in [1.165, 1.54) is 0 Å². The lowest BCUT2D eigenvalue weighted by Gasteiger charge is -2.10. The van der Waals surface area contributed by atoms with E-state index >= 15 is 0 Å². The number of carbonyl (C=O) groups excluding carboxylic acids is 1. The van der Waals surface area contributed by atoms with Crippen molar-refractivity contribution in [2.45, 2.75) is 4.90 Å². The van der Waals surface area contributed by atoms with Gasteiger partial charge >= 0.3 is 0 Å². The molecule has 3 heteroatoms. The van der Waals surface area contributed by atoms with Crippen molar-refractivity contribution < 1.29 is 4.79 Å². The van der Waals surface area contributed by atoms with Gasteiger partial charge in [-0.15, -0.1) is 11.8 Å². The standard InChI is InChI=1S/C18H13ClOS/c1-21-17-9-5-4-8-15(17)18(20)14-10-11-16(19)13-7-3-2-6-12(13)14/h2-11H,1H3. The molecule has 0 heterocycles. The third kappa shape index (κ3) is 2.57. The maximum Gasteiger partial charge on any atom is 0.194 e. The van der Waals surface area contributed by atoms with Crippen molar-refractivity contribution in [2.24, 2.45) is 0 Å². The average molecular weight is 313 g/mol. The molecule has 0 amide bonds. The zero-order valence-corrected chi connectivity index (χ0v) is 13.0. The number of benzene rings is 3. The van der Waals surface area contributed by atoms with Crippen LogP contribution in [0.2, 0.25) is 5.02 Å². The summed E-state index contributed by atoms with van der Waals surface area (Å²) in [7, 11) is 0. The predicted octanol–water partition coefficient (Wildman–Crippen LogP) is 5.45. The van der Waals surface area contributed by atoms with Crippen molar-refractivity contribution in [1.29, 1.82) is 0 Å². The van der Waals surface area contributed by atoms with Gasteiger partial charge in [-0.05, 0) is 35.9 Å². The van der Waals surface area contributed by atoms with Crippen LogP contribution < -0.4 is 0 Å². The molecule has 0 aliphatic carbocycles. The summed E-state index contributed by atoms with van der Waals surface area (Å²) in [5.41, 5.74) is 1.42. The molecular formula is C18H13ClOS. The largest absolute Gasteiger partial charge is 0.289 e. The molecule has 0 bridgehead atoms. The van der Waals surface area contributed by atoms with Gasteiger partial charge in [-0.1, -0.05) is 48.0 Å². The highest BCUT2D eigenvalue weighted by molar-refractivity contribution is 7.98. The summed E-state index contributed by atoms with van der Waals surface area (Å²) in [6, 6.07) is 19.0. The minimum Gasteiger partial charge on any atom is -0.289 e. The Morgan fingerprint density at radius 1 is 0.857 bits per heavy atom. The smallest absolute Gasteiger partial charge is 0.194 e. The number of thioether (sulfide) groups is 1. The fourth-order valence-corrected chi connectivity index (χ4v) is 3.26. The molecule has 0 aliphatic heterocycles. The van der Waals surface area contributed by atoms with E-state index in [-0.39, 0.29) is 5.78 Å². The molecule has 0 saturated carbocycles. The van der Waals surface area contributed by atoms with Gasteiger partial charge in [0.05, 0.1) is 0 Å². The number of halogens is 1. The Balaban J connectivity index is 2.21. The molecule has 0 aromatic heterocycles. The fraction of sp³-hybridized carbons (Fsp3) is 0.0556. The fourth-order valence-electron chi connectivity index (χ4n) is 2.44. The van der Waals surface area contributed by atoms with Crippen LogP contribution in [0.25, 0.3) is 10.8 Å². The van der Waals surface area contributed by atoms with Crippen LogP contribution in [0, 0.1) is 0 Å². The quantitative estimate of drug-likeness (QED) is 0.473. The van der Waals surface area contributed by atoms with Crippen molar-refractivity contribution >= 4 is 39.9 Å². The monoisotopic (exact) mass is 312 g/mol. The lowest BCUT2D eigenvalue weighted by Crippen LogP contribution is -2.04. The van der Waals surface area contributed by atoms with Crippen LogP contribution >= 0.6 is 23.4 Å². The second-order valence-electron chi connectivity index (χ2n) is 4.67. The molecule has 3 aromatic carbocycles. The SMILES string of the molecule is CSc1ccccc1C(=O)c1ccc(Cl)c2ccccc12. The number of hydrogen-bond donors (Lipinski definition) is 0. The molecular weight excluding hydrogens is 300 g/mol. The molecule has 0 atom stereocenters. The van der Waals surface area contributed by atoms with Crippen LogP contribution in [-0.2, 0) is 0 Å². The Labute approximate surface area is 132 Å². The molecule has 0 unspecified atom stereocenters. The minimum absolute atomic E-state index is 0.0350. The number of fused-ring (bicyclic) bond motifs is 1. The van der Waals surface area contributed by atoms with Crippen LogP contribution in [0.15, 0.2) is 65.6 Å². The van der Waals surface area contributed by atoms with Gasteiger partial charge in [0.15, 0.2) is 5.78 Å². The molecule has 0 fully saturated rings. The summed E-state index contributed by atoms with van der Waals surface area (Å²) >= 11 is 7.80. The van der Waals surface area contributed by atoms with Crippen molar-refractivity contribution in [3.63, 3.8) is 0 Å². The maximum absolute atomic E-state index is 12.9. The minimum atomic E-state index is 0.0350. The first-order valence-electron chi connectivity index (χ1n) is 6.57. The van der Waals surface area contributed by atoms with E-state index in [1.54, 1.807) is 17.8 Å². The van der Waals surface area contributed by atoms with Crippen molar-refractivity contribution in [3.05, 3.63) is 76.8 Å². The topological polar surface area (TPSA) is 17.1 Å². The van der Waals surface area contributed by atoms with Crippen molar-refractivity contribution in [2.75, 3.05) is 6.26 Å². The molecule has 1 nitrogen and oxygen atoms in total. The van der Waals surface area contributed by atoms with Crippen molar-refractivity contribution in [1.82, 2.24) is 0 Å². The normalized spacial score (nSPS) is 10.8. The second-order valence-corrected chi connectivity index (χ2v) is 5.93. The van der Waals surface area contributed by atoms with E-state index in [1.807, 2.05) is 60.9 Å². The van der Waals surface area contributed by atoms with E-state index in [2.05, 4.69) is 0 Å². The number of hydrogen-bond acceptors (Lipinski definition) is 2. The molecule has 3 rings (SSSR count). The van der Waals surface area contributed by atoms with E-state index in [9.17, 15) is 4.79 Å². The highest BCUT2D eigenvalue weighted by Crippen LogP contribution is 2.30. The Kier molecular flexibility index (Phi) is 4.00. The first-order valence-corrected chi connectivity index (χ1v) is 8.17. The van der Waals surface area contributed by atoms with Gasteiger partial charge in [-0.25, -0.2) is 0 Å². The summed E-state index contributed by atoms with van der Waals surface area (Å²) in [6.07, 6.45) is 1.98. The predicted molar refractivity (Wildman–Crippen MR) is 90.6 cm³/mol. The summed E-state index contributed by atoms with van der Waals surface area (Å²) < 4.78 is 0. The molecule has 0 spiro atoms. The molecule has 0 radical (unpaired) electrons. The Morgan fingerprint density at radius 3 is 2.29 bits per heavy atom. The number of carbonyl (C=O) groups is 1. The van der Waals surface area contributed by atoms with Gasteiger partial charge in [0.25, 0.3) is 0 Å². The van der Waals surface area contributed by atoms with E-state index < -0.39 is 0 Å². The van der Waals surface area contributed by atoms with Crippen LogP contribution in [0.5, 0.6) is 0 Å². The van der Waals surface area contributed by atoms with Gasteiger partial charge in [-0.3, -0.25) is 4.79 Å². The van der Waals surface area contributed by atoms with Crippen LogP contribution in [0.4, 0.5) is 0 Å². The van der Waals surface area contributed by atoms with Crippen LogP contribution in [-0.4, -0.2) is 12.0 Å². The maximum atomic E-state index is 12.9. The number of rotatable bonds is 3. The van der Waals surface area contributed by atoms with E-state index in [0.29, 0.717) is 10.6 Å². The van der Waals surface area contributed by atoms with Gasteiger partial charge in [0.1, 0.15) is 0 Å². The summed E-state index contributed by atoms with van der Waals surface area (Å²) in [5.74, 6) is 0.0350. The lowest BCUT2D eigenvalue weighted by molar-refractivity contribution is 0.103. The van der Waals surface area contributed by atoms with E-state index in [4.69, 9.17) is 11.6 Å². The van der Waals surface area contributed by atoms with Gasteiger partial charge in [-0.2, -0.15) is 0 Å². The lowest BCUT2D eigenvalue weighted by atomic mass is 9.97. The van der Waals surface area contributed by atoms with E-state index in [0.717, 1.165) is 21.2 Å². The first kappa shape index (κ1) is 14.2. The third-order valence-electron chi connectivity index (χ3n) is 3.47. The Morgan fingerprint density at radius 2 is 1.52 bits per heavy atom. The Bertz CT molecular complexity index is 826. The summed E-state index contributed by atoms with van der Waals surface area (Å²) in [4.78, 5) is 13.9. The molecule has 0 saturated heterocycles. The van der Waals surface area contributed by atoms with Crippen LogP contribution in [0.3, 0.4) is 0 Å². The highest BCUT2D eigenvalue weighted by Gasteiger charge is 2.16. The number of ketones is 1. The molecule has 3 aromatic rings. The Hall–Kier alpha value is -1.77. The van der Waals surface area contributed by atoms with Crippen molar-refractivity contribution in [3.8, 4) is 0 Å². The molecule has 21 heavy (non-hydrogen) atoms. The first-order chi connectivity index (χ1) is 10.2. The third-order valence-corrected chi connectivity index (χ3v) is 4.59. The summed E-state index contributed by atoms with van der Waals surface area (Å²) in [5, 5.41) is 2.47. The molecule has 0 aliphatic rings. The zero-order valence-electron chi connectivity index (χ0n) is 11.5. The van der Waals surface area contributed by atoms with Gasteiger partial charge < -0.3 is 0 Å². The van der Waals surface area contributed by atoms with Crippen LogP contribution in [0.1, 0.15) is 15.9 Å². The van der Waals surface area contributed by atoms with Gasteiger partial charge in [0, 0.05) is 26.4 Å². The zero-order chi connectivity index (χ0) is 14.8. The van der Waals surface area contributed by atoms with Gasteiger partial charge in [0.2, 0.25) is 0 Å². The molecule has 104 valence electrons. The summed E-state index contributed by atoms with van der Waals surface area (Å²) in [6.45, 7) is 0. The highest BCUT2D eigenvalue weighted by atomic mass is 35.5. The molecule has 0 N–H and O–H groups in total.